The van der Waals surface area contributed by atoms with Gasteiger partial charge in [0.25, 0.3) is 5.91 Å². The quantitative estimate of drug-likeness (QED) is 0.901. The van der Waals surface area contributed by atoms with E-state index >= 15 is 0 Å². The maximum Gasteiger partial charge on any atom is 0.260 e. The van der Waals surface area contributed by atoms with E-state index in [-0.39, 0.29) is 11.3 Å². The highest BCUT2D eigenvalue weighted by atomic mass is 19.1. The molecule has 0 bridgehead atoms. The van der Waals surface area contributed by atoms with Crippen LogP contribution >= 0.6 is 0 Å². The second-order valence-electron chi connectivity index (χ2n) is 8.11. The molecule has 4 rings (SSSR count). The molecule has 0 radical (unpaired) electrons. The van der Waals surface area contributed by atoms with Crippen molar-refractivity contribution in [3.05, 3.63) is 23.9 Å². The molecule has 0 aromatic carbocycles. The fourth-order valence-electron chi connectivity index (χ4n) is 4.83. The number of amides is 1. The maximum atomic E-state index is 14.4. The topological polar surface area (TPSA) is 69.0 Å². The van der Waals surface area contributed by atoms with Crippen molar-refractivity contribution in [2.75, 3.05) is 18.4 Å². The van der Waals surface area contributed by atoms with Crippen LogP contribution < -0.4 is 5.32 Å². The Morgan fingerprint density at radius 1 is 1.23 bits per heavy atom. The number of nitrogens with zero attached hydrogens (tertiary/aromatic N) is 3. The van der Waals surface area contributed by atoms with Crippen LogP contribution in [0.5, 0.6) is 0 Å². The van der Waals surface area contributed by atoms with Crippen LogP contribution in [-0.2, 0) is 4.79 Å². The molecule has 1 spiro atoms. The van der Waals surface area contributed by atoms with Gasteiger partial charge in [0.2, 0.25) is 0 Å². The predicted molar refractivity (Wildman–Crippen MR) is 96.2 cm³/mol. The second-order valence-corrected chi connectivity index (χ2v) is 8.11. The summed E-state index contributed by atoms with van der Waals surface area (Å²) in [5.74, 6) is 0.515. The van der Waals surface area contributed by atoms with Crippen LogP contribution in [0, 0.1) is 16.7 Å². The number of alkyl halides is 1. The van der Waals surface area contributed by atoms with E-state index in [0.717, 1.165) is 44.3 Å². The zero-order chi connectivity index (χ0) is 18.2. The van der Waals surface area contributed by atoms with Crippen LogP contribution in [0.3, 0.4) is 0 Å². The van der Waals surface area contributed by atoms with Crippen molar-refractivity contribution in [2.24, 2.45) is 5.41 Å². The number of nitriles is 1. The summed E-state index contributed by atoms with van der Waals surface area (Å²) in [7, 11) is 0. The normalized spacial score (nSPS) is 26.2. The lowest BCUT2D eigenvalue weighted by Crippen LogP contribution is -2.55. The van der Waals surface area contributed by atoms with Crippen LogP contribution in [0.2, 0.25) is 0 Å². The third kappa shape index (κ3) is 2.94. The zero-order valence-corrected chi connectivity index (χ0v) is 15.0. The summed E-state index contributed by atoms with van der Waals surface area (Å²) in [4.78, 5) is 18.5. The van der Waals surface area contributed by atoms with E-state index in [9.17, 15) is 9.18 Å². The van der Waals surface area contributed by atoms with Gasteiger partial charge in [0.05, 0.1) is 5.56 Å². The molecule has 3 aliphatic rings. The third-order valence-corrected chi connectivity index (χ3v) is 6.70. The highest BCUT2D eigenvalue weighted by molar-refractivity contribution is 5.86. The average molecular weight is 356 g/mol. The molecule has 5 nitrogen and oxygen atoms in total. The minimum atomic E-state index is -1.58. The van der Waals surface area contributed by atoms with Crippen LogP contribution in [0.1, 0.15) is 56.9 Å². The SMILES string of the molecule is N#Cc1ccc(NC2CCCC23CCN(C(=O)C2(F)CCC2)CC3)nc1. The van der Waals surface area contributed by atoms with E-state index in [1.54, 1.807) is 17.2 Å². The summed E-state index contributed by atoms with van der Waals surface area (Å²) >= 11 is 0. The smallest absolute Gasteiger partial charge is 0.260 e. The molecule has 6 heteroatoms. The zero-order valence-electron chi connectivity index (χ0n) is 15.0. The number of anilines is 1. The number of carbonyl (C=O) groups excluding carboxylic acids is 1. The van der Waals surface area contributed by atoms with Crippen LogP contribution in [0.4, 0.5) is 10.2 Å². The van der Waals surface area contributed by atoms with Crippen molar-refractivity contribution < 1.29 is 9.18 Å². The van der Waals surface area contributed by atoms with Gasteiger partial charge in [0.1, 0.15) is 11.9 Å². The minimum absolute atomic E-state index is 0.162. The first-order valence-corrected chi connectivity index (χ1v) is 9.66. The lowest BCUT2D eigenvalue weighted by Gasteiger charge is -2.46. The highest BCUT2D eigenvalue weighted by Crippen LogP contribution is 2.48. The molecule has 138 valence electrons. The molecule has 1 N–H and O–H groups in total. The number of aromatic nitrogens is 1. The average Bonchev–Trinajstić information content (AvgIpc) is 3.02. The Bertz CT molecular complexity index is 714. The number of piperidine rings is 1. The lowest BCUT2D eigenvalue weighted by molar-refractivity contribution is -0.152. The molecule has 2 aliphatic carbocycles. The molecule has 2 saturated carbocycles. The minimum Gasteiger partial charge on any atom is -0.367 e. The summed E-state index contributed by atoms with van der Waals surface area (Å²) in [6.45, 7) is 1.31. The molecule has 1 unspecified atom stereocenters. The van der Waals surface area contributed by atoms with Gasteiger partial charge in [-0.3, -0.25) is 4.79 Å². The molecule has 1 aromatic rings. The summed E-state index contributed by atoms with van der Waals surface area (Å²) < 4.78 is 14.4. The van der Waals surface area contributed by atoms with Crippen molar-refractivity contribution in [1.82, 2.24) is 9.88 Å². The Morgan fingerprint density at radius 3 is 2.58 bits per heavy atom. The van der Waals surface area contributed by atoms with Gasteiger partial charge >= 0.3 is 0 Å². The monoisotopic (exact) mass is 356 g/mol. The summed E-state index contributed by atoms with van der Waals surface area (Å²) in [5.41, 5.74) is -0.862. The first-order chi connectivity index (χ1) is 12.5. The van der Waals surface area contributed by atoms with E-state index < -0.39 is 5.67 Å². The number of hydrogen-bond acceptors (Lipinski definition) is 4. The van der Waals surface area contributed by atoms with E-state index in [0.29, 0.717) is 37.5 Å². The molecule has 3 fully saturated rings. The van der Waals surface area contributed by atoms with Crippen LogP contribution in [-0.4, -0.2) is 40.6 Å². The largest absolute Gasteiger partial charge is 0.367 e. The number of likely N-dealkylation sites (tertiary alicyclic amines) is 1. The van der Waals surface area contributed by atoms with Crippen molar-refractivity contribution >= 4 is 11.7 Å². The fourth-order valence-corrected chi connectivity index (χ4v) is 4.83. The summed E-state index contributed by atoms with van der Waals surface area (Å²) in [6.07, 6.45) is 8.42. The molecule has 1 amide bonds. The molecule has 1 saturated heterocycles. The van der Waals surface area contributed by atoms with Crippen molar-refractivity contribution in [3.63, 3.8) is 0 Å². The van der Waals surface area contributed by atoms with E-state index in [2.05, 4.69) is 16.4 Å². The Labute approximate surface area is 153 Å². The van der Waals surface area contributed by atoms with Crippen LogP contribution in [0.15, 0.2) is 18.3 Å². The Balaban J connectivity index is 1.40. The van der Waals surface area contributed by atoms with Gasteiger partial charge in [-0.05, 0) is 62.5 Å². The number of pyridine rings is 1. The molecule has 2 heterocycles. The fraction of sp³-hybridized carbons (Fsp3) is 0.650. The van der Waals surface area contributed by atoms with E-state index in [1.807, 2.05) is 6.07 Å². The first-order valence-electron chi connectivity index (χ1n) is 9.66. The van der Waals surface area contributed by atoms with Crippen molar-refractivity contribution in [2.45, 2.75) is 63.1 Å². The number of hydrogen-bond donors (Lipinski definition) is 1. The van der Waals surface area contributed by atoms with Gasteiger partial charge in [-0.15, -0.1) is 0 Å². The lowest BCUT2D eigenvalue weighted by atomic mass is 9.73. The molecule has 1 aromatic heterocycles. The van der Waals surface area contributed by atoms with Gasteiger partial charge in [-0.2, -0.15) is 5.26 Å². The summed E-state index contributed by atoms with van der Waals surface area (Å²) in [6, 6.07) is 6.04. The van der Waals surface area contributed by atoms with E-state index in [4.69, 9.17) is 5.26 Å². The van der Waals surface area contributed by atoms with Gasteiger partial charge in [0.15, 0.2) is 5.67 Å². The number of carbonyl (C=O) groups is 1. The molecule has 26 heavy (non-hydrogen) atoms. The Kier molecular flexibility index (Phi) is 4.34. The van der Waals surface area contributed by atoms with Crippen molar-refractivity contribution in [3.8, 4) is 6.07 Å². The van der Waals surface area contributed by atoms with Gasteiger partial charge in [-0.1, -0.05) is 6.42 Å². The second kappa shape index (κ2) is 6.53. The third-order valence-electron chi connectivity index (χ3n) is 6.70. The van der Waals surface area contributed by atoms with Crippen molar-refractivity contribution in [1.29, 1.82) is 5.26 Å². The van der Waals surface area contributed by atoms with Crippen LogP contribution in [0.25, 0.3) is 0 Å². The Morgan fingerprint density at radius 2 is 2.00 bits per heavy atom. The summed E-state index contributed by atoms with van der Waals surface area (Å²) in [5, 5.41) is 12.4. The molecule has 1 aliphatic heterocycles. The maximum absolute atomic E-state index is 14.4. The Hall–Kier alpha value is -2.16. The number of nitrogens with one attached hydrogen (secondary N) is 1. The number of rotatable bonds is 3. The number of halogens is 1. The van der Waals surface area contributed by atoms with Gasteiger partial charge in [-0.25, -0.2) is 9.37 Å². The predicted octanol–water partition coefficient (Wildman–Crippen LogP) is 3.42. The van der Waals surface area contributed by atoms with Gasteiger partial charge in [0, 0.05) is 25.3 Å². The first kappa shape index (κ1) is 17.3. The van der Waals surface area contributed by atoms with Gasteiger partial charge < -0.3 is 10.2 Å². The molecular formula is C20H25FN4O. The molecular weight excluding hydrogens is 331 g/mol. The highest BCUT2D eigenvalue weighted by Gasteiger charge is 2.50. The molecule has 1 atom stereocenters. The standard InChI is InChI=1S/C20H25FN4O/c21-20(7-2-8-20)18(26)25-11-9-19(10-12-25)6-1-3-16(19)24-17-5-4-15(13-22)14-23-17/h4-5,14,16H,1-3,6-12H2,(H,23,24). The van der Waals surface area contributed by atoms with E-state index in [1.165, 1.54) is 0 Å².